The van der Waals surface area contributed by atoms with Gasteiger partial charge in [-0.2, -0.15) is 0 Å². The van der Waals surface area contributed by atoms with Crippen molar-refractivity contribution in [3.63, 3.8) is 0 Å². The van der Waals surface area contributed by atoms with Gasteiger partial charge in [0.25, 0.3) is 0 Å². The highest BCUT2D eigenvalue weighted by molar-refractivity contribution is 5.93. The number of carboxylic acids is 1. The number of aliphatic hydroxyl groups excluding tert-OH is 1. The fourth-order valence-corrected chi connectivity index (χ4v) is 6.90. The normalized spacial score (nSPS) is 53.2. The van der Waals surface area contributed by atoms with E-state index in [0.29, 0.717) is 24.5 Å². The zero-order chi connectivity index (χ0) is 17.5. The fourth-order valence-electron chi connectivity index (χ4n) is 6.90. The molecule has 4 nitrogen and oxygen atoms in total. The third kappa shape index (κ3) is 1.63. The van der Waals surface area contributed by atoms with E-state index in [4.69, 9.17) is 0 Å². The van der Waals surface area contributed by atoms with E-state index in [1.54, 1.807) is 0 Å². The van der Waals surface area contributed by atoms with Gasteiger partial charge in [0, 0.05) is 11.3 Å². The lowest BCUT2D eigenvalue weighted by Gasteiger charge is -2.61. The Balaban J connectivity index is 1.86. The molecule has 2 N–H and O–H groups in total. The molecule has 4 heteroatoms. The van der Waals surface area contributed by atoms with Gasteiger partial charge < -0.3 is 10.2 Å². The highest BCUT2D eigenvalue weighted by atomic mass is 16.4. The second kappa shape index (κ2) is 4.72. The van der Waals surface area contributed by atoms with Crippen LogP contribution in [0.15, 0.2) is 11.6 Å². The number of carbonyl (C=O) groups is 2. The molecule has 0 radical (unpaired) electrons. The minimum Gasteiger partial charge on any atom is -0.481 e. The molecule has 132 valence electrons. The number of hydrogen-bond acceptors (Lipinski definition) is 3. The first kappa shape index (κ1) is 16.3. The van der Waals surface area contributed by atoms with Crippen molar-refractivity contribution < 1.29 is 19.8 Å². The molecule has 0 aliphatic heterocycles. The van der Waals surface area contributed by atoms with Crippen LogP contribution in [0.4, 0.5) is 0 Å². The van der Waals surface area contributed by atoms with Crippen LogP contribution in [0.1, 0.15) is 59.3 Å². The molecular weight excluding hydrogens is 304 g/mol. The number of Topliss-reactive ketones (excluding diaryl/α,β-unsaturated/α-hetero) is 1. The van der Waals surface area contributed by atoms with Gasteiger partial charge in [0.15, 0.2) is 0 Å². The molecule has 1 spiro atoms. The van der Waals surface area contributed by atoms with Crippen molar-refractivity contribution in [1.29, 1.82) is 0 Å². The third-order valence-corrected chi connectivity index (χ3v) is 8.39. The molecule has 4 rings (SSSR count). The second-order valence-corrected chi connectivity index (χ2v) is 9.20. The Morgan fingerprint density at radius 2 is 1.96 bits per heavy atom. The van der Waals surface area contributed by atoms with Crippen LogP contribution < -0.4 is 0 Å². The van der Waals surface area contributed by atoms with Gasteiger partial charge in [-0.3, -0.25) is 9.59 Å². The standard InChI is InChI=1S/C20H28O4/c1-11-12-4-5-14-19(3)13(6-9-20(14,10-12)16(11)22)18(2,17(23)24)8-7-15(19)21/h5,11-13,15,21H,4,6-10H2,1-3H3,(H,23,24). The molecule has 4 aliphatic carbocycles. The molecule has 24 heavy (non-hydrogen) atoms. The summed E-state index contributed by atoms with van der Waals surface area (Å²) in [6.45, 7) is 5.92. The Morgan fingerprint density at radius 1 is 1.25 bits per heavy atom. The molecule has 3 fully saturated rings. The average molecular weight is 332 g/mol. The minimum absolute atomic E-state index is 0.0884. The Morgan fingerprint density at radius 3 is 2.62 bits per heavy atom. The summed E-state index contributed by atoms with van der Waals surface area (Å²) in [5.74, 6) is -0.0189. The third-order valence-electron chi connectivity index (χ3n) is 8.39. The molecule has 7 unspecified atom stereocenters. The van der Waals surface area contributed by atoms with Gasteiger partial charge in [-0.05, 0) is 57.3 Å². The van der Waals surface area contributed by atoms with E-state index in [2.05, 4.69) is 6.08 Å². The summed E-state index contributed by atoms with van der Waals surface area (Å²) in [4.78, 5) is 25.2. The van der Waals surface area contributed by atoms with E-state index < -0.39 is 28.3 Å². The van der Waals surface area contributed by atoms with Crippen LogP contribution in [-0.4, -0.2) is 28.1 Å². The fraction of sp³-hybridized carbons (Fsp3) is 0.800. The van der Waals surface area contributed by atoms with Crippen molar-refractivity contribution in [1.82, 2.24) is 0 Å². The van der Waals surface area contributed by atoms with E-state index >= 15 is 0 Å². The summed E-state index contributed by atoms with van der Waals surface area (Å²) < 4.78 is 0. The number of rotatable bonds is 1. The predicted molar refractivity (Wildman–Crippen MR) is 89.2 cm³/mol. The van der Waals surface area contributed by atoms with Gasteiger partial charge in [-0.15, -0.1) is 0 Å². The van der Waals surface area contributed by atoms with Crippen molar-refractivity contribution in [3.8, 4) is 0 Å². The molecule has 4 aliphatic rings. The maximum atomic E-state index is 13.1. The molecule has 0 saturated heterocycles. The van der Waals surface area contributed by atoms with Crippen LogP contribution in [-0.2, 0) is 9.59 Å². The number of carboxylic acid groups (broad SMARTS) is 1. The topological polar surface area (TPSA) is 74.6 Å². The Hall–Kier alpha value is -1.16. The number of aliphatic hydroxyl groups is 1. The van der Waals surface area contributed by atoms with Crippen molar-refractivity contribution in [2.75, 3.05) is 0 Å². The smallest absolute Gasteiger partial charge is 0.309 e. The van der Waals surface area contributed by atoms with Gasteiger partial charge in [0.2, 0.25) is 0 Å². The first-order valence-electron chi connectivity index (χ1n) is 9.35. The van der Waals surface area contributed by atoms with Crippen LogP contribution in [0.5, 0.6) is 0 Å². The van der Waals surface area contributed by atoms with E-state index in [1.165, 1.54) is 0 Å². The molecule has 0 aromatic heterocycles. The predicted octanol–water partition coefficient (Wildman–Crippen LogP) is 3.19. The van der Waals surface area contributed by atoms with Crippen LogP contribution in [0, 0.1) is 34.0 Å². The van der Waals surface area contributed by atoms with Crippen LogP contribution in [0.2, 0.25) is 0 Å². The van der Waals surface area contributed by atoms with E-state index in [0.717, 1.165) is 31.3 Å². The zero-order valence-corrected chi connectivity index (χ0v) is 14.8. The van der Waals surface area contributed by atoms with Crippen LogP contribution >= 0.6 is 0 Å². The summed E-state index contributed by atoms with van der Waals surface area (Å²) in [6, 6.07) is 0. The lowest BCUT2D eigenvalue weighted by molar-refractivity contribution is -0.172. The highest BCUT2D eigenvalue weighted by Gasteiger charge is 2.68. The Labute approximate surface area is 143 Å². The van der Waals surface area contributed by atoms with Gasteiger partial charge in [-0.25, -0.2) is 0 Å². The van der Waals surface area contributed by atoms with Crippen molar-refractivity contribution in [2.24, 2.45) is 34.0 Å². The number of allylic oxidation sites excluding steroid dienone is 1. The van der Waals surface area contributed by atoms with Crippen LogP contribution in [0.25, 0.3) is 0 Å². The molecule has 2 bridgehead atoms. The van der Waals surface area contributed by atoms with Crippen molar-refractivity contribution >= 4 is 11.8 Å². The lowest BCUT2D eigenvalue weighted by Crippen LogP contribution is -2.60. The maximum absolute atomic E-state index is 13.1. The average Bonchev–Trinajstić information content (AvgIpc) is 2.72. The van der Waals surface area contributed by atoms with Gasteiger partial charge in [-0.1, -0.05) is 25.5 Å². The first-order valence-corrected chi connectivity index (χ1v) is 9.35. The van der Waals surface area contributed by atoms with Crippen LogP contribution in [0.3, 0.4) is 0 Å². The molecule has 3 saturated carbocycles. The van der Waals surface area contributed by atoms with Gasteiger partial charge in [0.05, 0.1) is 16.9 Å². The summed E-state index contributed by atoms with van der Waals surface area (Å²) >= 11 is 0. The highest BCUT2D eigenvalue weighted by Crippen LogP contribution is 2.69. The number of aliphatic carboxylic acids is 1. The molecule has 0 aromatic carbocycles. The number of hydrogen-bond donors (Lipinski definition) is 2. The largest absolute Gasteiger partial charge is 0.481 e. The van der Waals surface area contributed by atoms with Crippen molar-refractivity contribution in [3.05, 3.63) is 11.6 Å². The number of fused-ring (bicyclic) bond motifs is 3. The molecule has 0 amide bonds. The summed E-state index contributed by atoms with van der Waals surface area (Å²) in [7, 11) is 0. The first-order chi connectivity index (χ1) is 11.2. The number of ketones is 1. The second-order valence-electron chi connectivity index (χ2n) is 9.20. The van der Waals surface area contributed by atoms with Gasteiger partial charge >= 0.3 is 5.97 Å². The molecule has 7 atom stereocenters. The van der Waals surface area contributed by atoms with E-state index in [-0.39, 0.29) is 11.8 Å². The Bertz CT molecular complexity index is 652. The Kier molecular flexibility index (Phi) is 3.21. The summed E-state index contributed by atoms with van der Waals surface area (Å²) in [5, 5.41) is 20.8. The maximum Gasteiger partial charge on any atom is 0.309 e. The minimum atomic E-state index is -0.819. The molecule has 0 heterocycles. The van der Waals surface area contributed by atoms with E-state index in [9.17, 15) is 19.8 Å². The van der Waals surface area contributed by atoms with E-state index in [1.807, 2.05) is 20.8 Å². The zero-order valence-electron chi connectivity index (χ0n) is 14.8. The quantitative estimate of drug-likeness (QED) is 0.723. The molecular formula is C20H28O4. The van der Waals surface area contributed by atoms with Gasteiger partial charge in [0.1, 0.15) is 5.78 Å². The SMILES string of the molecule is CC1C(=O)C23CCC4C(C)(C(=O)O)CCC(O)C4(C)C2=CCC1C3. The van der Waals surface area contributed by atoms with Crippen molar-refractivity contribution in [2.45, 2.75) is 65.4 Å². The summed E-state index contributed by atoms with van der Waals surface area (Å²) in [5.41, 5.74) is -0.753. The molecule has 0 aromatic rings. The lowest BCUT2D eigenvalue weighted by atomic mass is 9.43. The summed E-state index contributed by atoms with van der Waals surface area (Å²) in [6.07, 6.45) is 5.93. The monoisotopic (exact) mass is 332 g/mol. The number of carbonyl (C=O) groups excluding carboxylic acids is 1.